The summed E-state index contributed by atoms with van der Waals surface area (Å²) in [6.45, 7) is 5.90. The number of carbonyl (C=O) groups is 1. The molecule has 7 heteroatoms. The molecule has 1 aliphatic rings. The lowest BCUT2D eigenvalue weighted by Gasteiger charge is -2.17. The van der Waals surface area contributed by atoms with E-state index in [2.05, 4.69) is 36.1 Å². The topological polar surface area (TPSA) is 77.7 Å². The second kappa shape index (κ2) is 9.20. The van der Waals surface area contributed by atoms with Crippen LogP contribution in [0.2, 0.25) is 0 Å². The van der Waals surface area contributed by atoms with Gasteiger partial charge in [-0.25, -0.2) is 0 Å². The van der Waals surface area contributed by atoms with Crippen molar-refractivity contribution in [3.05, 3.63) is 59.5 Å². The van der Waals surface area contributed by atoms with Crippen molar-refractivity contribution in [2.45, 2.75) is 39.2 Å². The van der Waals surface area contributed by atoms with E-state index in [1.165, 1.54) is 5.56 Å². The maximum atomic E-state index is 12.6. The van der Waals surface area contributed by atoms with Crippen molar-refractivity contribution in [1.82, 2.24) is 15.0 Å². The lowest BCUT2D eigenvalue weighted by molar-refractivity contribution is -0.128. The van der Waals surface area contributed by atoms with Crippen LogP contribution in [0.15, 0.2) is 47.0 Å². The Kier molecular flexibility index (Phi) is 6.21. The average molecular weight is 421 g/mol. The number of benzene rings is 2. The van der Waals surface area contributed by atoms with Gasteiger partial charge in [0.15, 0.2) is 11.5 Å². The van der Waals surface area contributed by atoms with Crippen molar-refractivity contribution in [2.24, 2.45) is 0 Å². The highest BCUT2D eigenvalue weighted by molar-refractivity contribution is 5.79. The molecule has 162 valence electrons. The lowest BCUT2D eigenvalue weighted by atomic mass is 10.1. The molecule has 0 spiro atoms. The molecule has 4 rings (SSSR count). The molecule has 0 bridgehead atoms. The van der Waals surface area contributed by atoms with Crippen molar-refractivity contribution < 1.29 is 18.8 Å². The quantitative estimate of drug-likeness (QED) is 0.538. The molecule has 1 unspecified atom stereocenters. The van der Waals surface area contributed by atoms with Gasteiger partial charge in [0.05, 0.1) is 19.6 Å². The van der Waals surface area contributed by atoms with E-state index in [0.29, 0.717) is 49.3 Å². The molecule has 2 heterocycles. The van der Waals surface area contributed by atoms with E-state index in [-0.39, 0.29) is 11.8 Å². The van der Waals surface area contributed by atoms with Crippen LogP contribution >= 0.6 is 0 Å². The number of likely N-dealkylation sites (tertiary alicyclic amines) is 1. The molecule has 3 aromatic rings. The molecule has 1 saturated heterocycles. The Hall–Kier alpha value is -3.35. The van der Waals surface area contributed by atoms with Gasteiger partial charge < -0.3 is 18.9 Å². The van der Waals surface area contributed by atoms with Gasteiger partial charge in [-0.2, -0.15) is 4.98 Å². The van der Waals surface area contributed by atoms with Crippen LogP contribution in [0.4, 0.5) is 0 Å². The standard InChI is InChI=1S/C24H27N3O4/c1-4-11-30-20-10-9-17(12-21(20)29-3)23-25-24(31-26-23)19-13-22(28)27(15-19)14-18-8-6-5-7-16(18)2/h5-10,12,19H,4,11,13-15H2,1-3H3. The Bertz CT molecular complexity index is 1060. The number of hydrogen-bond donors (Lipinski definition) is 0. The molecule has 0 saturated carbocycles. The van der Waals surface area contributed by atoms with Crippen LogP contribution in [0, 0.1) is 6.92 Å². The number of ether oxygens (including phenoxy) is 2. The first-order valence-corrected chi connectivity index (χ1v) is 10.6. The SMILES string of the molecule is CCCOc1ccc(-c2noc(C3CC(=O)N(Cc4ccccc4C)C3)n2)cc1OC. The predicted octanol–water partition coefficient (Wildman–Crippen LogP) is 4.36. The second-order valence-corrected chi connectivity index (χ2v) is 7.77. The van der Waals surface area contributed by atoms with Crippen molar-refractivity contribution >= 4 is 5.91 Å². The third-order valence-electron chi connectivity index (χ3n) is 5.51. The number of aryl methyl sites for hydroxylation is 1. The monoisotopic (exact) mass is 421 g/mol. The lowest BCUT2D eigenvalue weighted by Crippen LogP contribution is -2.24. The zero-order valence-corrected chi connectivity index (χ0v) is 18.1. The third-order valence-corrected chi connectivity index (χ3v) is 5.51. The summed E-state index contributed by atoms with van der Waals surface area (Å²) in [5, 5.41) is 4.13. The van der Waals surface area contributed by atoms with Crippen LogP contribution in [0.3, 0.4) is 0 Å². The van der Waals surface area contributed by atoms with Gasteiger partial charge in [0.1, 0.15) is 0 Å². The number of hydrogen-bond acceptors (Lipinski definition) is 6. The maximum absolute atomic E-state index is 12.6. The molecule has 0 aliphatic carbocycles. The number of nitrogens with zero attached hydrogens (tertiary/aromatic N) is 3. The van der Waals surface area contributed by atoms with Crippen LogP contribution < -0.4 is 9.47 Å². The largest absolute Gasteiger partial charge is 0.493 e. The van der Waals surface area contributed by atoms with Gasteiger partial charge in [-0.15, -0.1) is 0 Å². The number of carbonyl (C=O) groups excluding carboxylic acids is 1. The summed E-state index contributed by atoms with van der Waals surface area (Å²) >= 11 is 0. The van der Waals surface area contributed by atoms with Crippen molar-refractivity contribution in [2.75, 3.05) is 20.3 Å². The summed E-state index contributed by atoms with van der Waals surface area (Å²) in [5.74, 6) is 2.27. The minimum Gasteiger partial charge on any atom is -0.493 e. The minimum absolute atomic E-state index is 0.104. The molecule has 0 N–H and O–H groups in total. The fourth-order valence-electron chi connectivity index (χ4n) is 3.74. The Morgan fingerprint density at radius 3 is 2.81 bits per heavy atom. The first kappa shape index (κ1) is 20.9. The van der Waals surface area contributed by atoms with E-state index < -0.39 is 0 Å². The summed E-state index contributed by atoms with van der Waals surface area (Å²) in [5.41, 5.74) is 3.11. The fourth-order valence-corrected chi connectivity index (χ4v) is 3.74. The molecule has 31 heavy (non-hydrogen) atoms. The van der Waals surface area contributed by atoms with Crippen molar-refractivity contribution in [3.63, 3.8) is 0 Å². The van der Waals surface area contributed by atoms with E-state index in [1.54, 1.807) is 7.11 Å². The first-order chi connectivity index (χ1) is 15.1. The van der Waals surface area contributed by atoms with Gasteiger partial charge in [0, 0.05) is 25.1 Å². The van der Waals surface area contributed by atoms with Crippen molar-refractivity contribution in [3.8, 4) is 22.9 Å². The molecule has 1 atom stereocenters. The number of aromatic nitrogens is 2. The van der Waals surface area contributed by atoms with E-state index in [0.717, 1.165) is 17.5 Å². The Morgan fingerprint density at radius 2 is 2.03 bits per heavy atom. The van der Waals surface area contributed by atoms with E-state index in [4.69, 9.17) is 14.0 Å². The van der Waals surface area contributed by atoms with Crippen molar-refractivity contribution in [1.29, 1.82) is 0 Å². The predicted molar refractivity (Wildman–Crippen MR) is 116 cm³/mol. The fraction of sp³-hybridized carbons (Fsp3) is 0.375. The summed E-state index contributed by atoms with van der Waals surface area (Å²) in [7, 11) is 1.60. The number of rotatable bonds is 8. The molecule has 7 nitrogen and oxygen atoms in total. The van der Waals surface area contributed by atoms with Gasteiger partial charge >= 0.3 is 0 Å². The molecular formula is C24H27N3O4. The van der Waals surface area contributed by atoms with Crippen LogP contribution in [-0.4, -0.2) is 41.2 Å². The Balaban J connectivity index is 1.48. The van der Waals surface area contributed by atoms with Crippen LogP contribution in [0.5, 0.6) is 11.5 Å². The smallest absolute Gasteiger partial charge is 0.232 e. The minimum atomic E-state index is -0.105. The molecule has 1 aliphatic heterocycles. The van der Waals surface area contributed by atoms with Crippen LogP contribution in [-0.2, 0) is 11.3 Å². The molecule has 1 fully saturated rings. The van der Waals surface area contributed by atoms with Gasteiger partial charge in [-0.1, -0.05) is 36.3 Å². The van der Waals surface area contributed by atoms with Gasteiger partial charge in [-0.05, 0) is 42.7 Å². The van der Waals surface area contributed by atoms with Gasteiger partial charge in [0.2, 0.25) is 17.6 Å². The van der Waals surface area contributed by atoms with Gasteiger partial charge in [-0.3, -0.25) is 4.79 Å². The van der Waals surface area contributed by atoms with E-state index >= 15 is 0 Å². The summed E-state index contributed by atoms with van der Waals surface area (Å²) in [6.07, 6.45) is 1.29. The second-order valence-electron chi connectivity index (χ2n) is 7.77. The summed E-state index contributed by atoms with van der Waals surface area (Å²) < 4.78 is 16.7. The number of amides is 1. The van der Waals surface area contributed by atoms with Crippen LogP contribution in [0.25, 0.3) is 11.4 Å². The summed E-state index contributed by atoms with van der Waals surface area (Å²) in [4.78, 5) is 19.0. The van der Waals surface area contributed by atoms with E-state index in [9.17, 15) is 4.79 Å². The first-order valence-electron chi connectivity index (χ1n) is 10.6. The van der Waals surface area contributed by atoms with E-state index in [1.807, 2.05) is 35.2 Å². The average Bonchev–Trinajstić information content (AvgIpc) is 3.41. The number of methoxy groups -OCH3 is 1. The normalized spacial score (nSPS) is 16.0. The Morgan fingerprint density at radius 1 is 1.19 bits per heavy atom. The Labute approximate surface area is 182 Å². The van der Waals surface area contributed by atoms with Gasteiger partial charge in [0.25, 0.3) is 0 Å². The maximum Gasteiger partial charge on any atom is 0.232 e. The van der Waals surface area contributed by atoms with Crippen LogP contribution in [0.1, 0.15) is 42.7 Å². The highest BCUT2D eigenvalue weighted by Crippen LogP contribution is 2.33. The summed E-state index contributed by atoms with van der Waals surface area (Å²) in [6, 6.07) is 13.7. The zero-order valence-electron chi connectivity index (χ0n) is 18.1. The molecule has 1 aromatic heterocycles. The third kappa shape index (κ3) is 4.55. The molecule has 2 aromatic carbocycles. The molecule has 1 amide bonds. The highest BCUT2D eigenvalue weighted by atomic mass is 16.5. The highest BCUT2D eigenvalue weighted by Gasteiger charge is 2.34. The zero-order chi connectivity index (χ0) is 21.8. The molecule has 0 radical (unpaired) electrons. The molecular weight excluding hydrogens is 394 g/mol.